The Morgan fingerprint density at radius 1 is 1.31 bits per heavy atom. The van der Waals surface area contributed by atoms with E-state index in [0.29, 0.717) is 18.9 Å². The van der Waals surface area contributed by atoms with Gasteiger partial charge in [0.15, 0.2) is 0 Å². The van der Waals surface area contributed by atoms with Gasteiger partial charge in [-0.15, -0.1) is 0 Å². The van der Waals surface area contributed by atoms with Gasteiger partial charge >= 0.3 is 0 Å². The molecule has 4 nitrogen and oxygen atoms in total. The van der Waals surface area contributed by atoms with Gasteiger partial charge in [-0.25, -0.2) is 0 Å². The Morgan fingerprint density at radius 2 is 1.94 bits per heavy atom. The Bertz CT molecular complexity index is 321. The summed E-state index contributed by atoms with van der Waals surface area (Å²) in [6.07, 6.45) is 2.82. The SMILES string of the molecule is CC1NC(=O)CCN(C(C)(C)C2CC2)C1=O. The molecule has 1 saturated heterocycles. The van der Waals surface area contributed by atoms with Gasteiger partial charge in [0.05, 0.1) is 0 Å². The Hall–Kier alpha value is -1.06. The van der Waals surface area contributed by atoms with Crippen molar-refractivity contribution in [2.24, 2.45) is 5.92 Å². The first-order valence-corrected chi connectivity index (χ1v) is 6.04. The van der Waals surface area contributed by atoms with E-state index >= 15 is 0 Å². The number of nitrogens with one attached hydrogen (secondary N) is 1. The van der Waals surface area contributed by atoms with Crippen molar-refractivity contribution in [2.45, 2.75) is 51.6 Å². The lowest BCUT2D eigenvalue weighted by Gasteiger charge is -2.39. The van der Waals surface area contributed by atoms with Crippen LogP contribution in [0.25, 0.3) is 0 Å². The number of amides is 2. The maximum atomic E-state index is 12.2. The molecule has 1 heterocycles. The first-order chi connectivity index (χ1) is 7.43. The summed E-state index contributed by atoms with van der Waals surface area (Å²) in [7, 11) is 0. The molecule has 0 spiro atoms. The van der Waals surface area contributed by atoms with Crippen LogP contribution in [0.15, 0.2) is 0 Å². The molecule has 1 aliphatic heterocycles. The maximum Gasteiger partial charge on any atom is 0.245 e. The smallest absolute Gasteiger partial charge is 0.245 e. The zero-order valence-electron chi connectivity index (χ0n) is 10.2. The normalized spacial score (nSPS) is 27.7. The van der Waals surface area contributed by atoms with Gasteiger partial charge < -0.3 is 10.2 Å². The third-order valence-corrected chi connectivity index (χ3v) is 3.85. The van der Waals surface area contributed by atoms with Gasteiger partial charge in [-0.1, -0.05) is 0 Å². The van der Waals surface area contributed by atoms with Crippen molar-refractivity contribution >= 4 is 11.8 Å². The highest BCUT2D eigenvalue weighted by atomic mass is 16.2. The second-order valence-corrected chi connectivity index (χ2v) is 5.46. The molecule has 1 saturated carbocycles. The third-order valence-electron chi connectivity index (χ3n) is 3.85. The van der Waals surface area contributed by atoms with Crippen LogP contribution in [0.1, 0.15) is 40.0 Å². The first-order valence-electron chi connectivity index (χ1n) is 6.04. The Balaban J connectivity index is 2.18. The Labute approximate surface area is 96.4 Å². The molecule has 1 atom stereocenters. The molecule has 1 aliphatic carbocycles. The lowest BCUT2D eigenvalue weighted by Crippen LogP contribution is -2.53. The number of carbonyl (C=O) groups excluding carboxylic acids is 2. The topological polar surface area (TPSA) is 49.4 Å². The molecule has 0 radical (unpaired) electrons. The van der Waals surface area contributed by atoms with Gasteiger partial charge in [0.25, 0.3) is 0 Å². The van der Waals surface area contributed by atoms with Crippen molar-refractivity contribution in [2.75, 3.05) is 6.54 Å². The minimum atomic E-state index is -0.381. The van der Waals surface area contributed by atoms with Crippen LogP contribution in [-0.2, 0) is 9.59 Å². The summed E-state index contributed by atoms with van der Waals surface area (Å²) in [6, 6.07) is -0.381. The first kappa shape index (κ1) is 11.4. The maximum absolute atomic E-state index is 12.2. The summed E-state index contributed by atoms with van der Waals surface area (Å²) in [6.45, 7) is 6.55. The highest BCUT2D eigenvalue weighted by Crippen LogP contribution is 2.43. The molecule has 1 unspecified atom stereocenters. The quantitative estimate of drug-likeness (QED) is 0.758. The van der Waals surface area contributed by atoms with E-state index in [1.54, 1.807) is 6.92 Å². The number of hydrogen-bond donors (Lipinski definition) is 1. The van der Waals surface area contributed by atoms with Crippen LogP contribution in [-0.4, -0.2) is 34.8 Å². The Kier molecular flexibility index (Phi) is 2.68. The molecule has 2 aliphatic rings. The van der Waals surface area contributed by atoms with E-state index in [2.05, 4.69) is 19.2 Å². The second kappa shape index (κ2) is 3.75. The highest BCUT2D eigenvalue weighted by molar-refractivity contribution is 5.90. The minimum absolute atomic E-state index is 0.0186. The van der Waals surface area contributed by atoms with Gasteiger partial charge in [-0.05, 0) is 39.5 Å². The largest absolute Gasteiger partial charge is 0.345 e. The predicted octanol–water partition coefficient (Wildman–Crippen LogP) is 0.912. The molecule has 0 aromatic carbocycles. The lowest BCUT2D eigenvalue weighted by molar-refractivity contribution is -0.138. The number of rotatable bonds is 2. The summed E-state index contributed by atoms with van der Waals surface area (Å²) in [4.78, 5) is 25.5. The molecule has 2 fully saturated rings. The number of hydrogen-bond acceptors (Lipinski definition) is 2. The molecule has 90 valence electrons. The molecule has 1 N–H and O–H groups in total. The fourth-order valence-electron chi connectivity index (χ4n) is 2.52. The zero-order valence-corrected chi connectivity index (χ0v) is 10.2. The van der Waals surface area contributed by atoms with E-state index < -0.39 is 0 Å². The molecule has 0 aromatic heterocycles. The van der Waals surface area contributed by atoms with Crippen molar-refractivity contribution in [3.63, 3.8) is 0 Å². The van der Waals surface area contributed by atoms with Crippen molar-refractivity contribution in [1.29, 1.82) is 0 Å². The van der Waals surface area contributed by atoms with Crippen LogP contribution in [0.4, 0.5) is 0 Å². The molecule has 16 heavy (non-hydrogen) atoms. The van der Waals surface area contributed by atoms with Crippen LogP contribution in [0.2, 0.25) is 0 Å². The fourth-order valence-corrected chi connectivity index (χ4v) is 2.52. The van der Waals surface area contributed by atoms with Crippen molar-refractivity contribution < 1.29 is 9.59 Å². The zero-order chi connectivity index (χ0) is 11.9. The van der Waals surface area contributed by atoms with Gasteiger partial charge in [-0.2, -0.15) is 0 Å². The van der Waals surface area contributed by atoms with E-state index in [9.17, 15) is 9.59 Å². The summed E-state index contributed by atoms with van der Waals surface area (Å²) < 4.78 is 0. The molecule has 0 bridgehead atoms. The molecule has 0 aromatic rings. The van der Waals surface area contributed by atoms with Gasteiger partial charge in [0.2, 0.25) is 11.8 Å². The predicted molar refractivity (Wildman–Crippen MR) is 60.7 cm³/mol. The van der Waals surface area contributed by atoms with E-state index in [-0.39, 0.29) is 23.4 Å². The monoisotopic (exact) mass is 224 g/mol. The average molecular weight is 224 g/mol. The van der Waals surface area contributed by atoms with Crippen LogP contribution in [0, 0.1) is 5.92 Å². The van der Waals surface area contributed by atoms with Crippen molar-refractivity contribution in [3.8, 4) is 0 Å². The average Bonchev–Trinajstić information content (AvgIpc) is 2.98. The number of nitrogens with zero attached hydrogens (tertiary/aromatic N) is 1. The molecule has 4 heteroatoms. The van der Waals surface area contributed by atoms with Crippen LogP contribution in [0.3, 0.4) is 0 Å². The van der Waals surface area contributed by atoms with E-state index in [1.807, 2.05) is 4.90 Å². The van der Waals surface area contributed by atoms with Crippen LogP contribution < -0.4 is 5.32 Å². The molecular weight excluding hydrogens is 204 g/mol. The lowest BCUT2D eigenvalue weighted by atomic mass is 9.95. The Morgan fingerprint density at radius 3 is 2.50 bits per heavy atom. The summed E-state index contributed by atoms with van der Waals surface area (Å²) in [5.74, 6) is 0.648. The molecule has 2 amide bonds. The molecule has 2 rings (SSSR count). The highest BCUT2D eigenvalue weighted by Gasteiger charge is 2.45. The van der Waals surface area contributed by atoms with Crippen molar-refractivity contribution in [3.05, 3.63) is 0 Å². The van der Waals surface area contributed by atoms with Crippen LogP contribution in [0.5, 0.6) is 0 Å². The van der Waals surface area contributed by atoms with Gasteiger partial charge in [0.1, 0.15) is 6.04 Å². The van der Waals surface area contributed by atoms with E-state index in [0.717, 1.165) is 0 Å². The standard InChI is InChI=1S/C12H20N2O2/c1-8-11(16)14(7-6-10(15)13-8)12(2,3)9-4-5-9/h8-9H,4-7H2,1-3H3,(H,13,15). The van der Waals surface area contributed by atoms with Gasteiger partial charge in [-0.3, -0.25) is 9.59 Å². The second-order valence-electron chi connectivity index (χ2n) is 5.46. The molecular formula is C12H20N2O2. The number of carbonyl (C=O) groups is 2. The fraction of sp³-hybridized carbons (Fsp3) is 0.833. The summed E-state index contributed by atoms with van der Waals surface area (Å²) in [5.41, 5.74) is -0.0996. The van der Waals surface area contributed by atoms with E-state index in [4.69, 9.17) is 0 Å². The van der Waals surface area contributed by atoms with E-state index in [1.165, 1.54) is 12.8 Å². The van der Waals surface area contributed by atoms with Gasteiger partial charge in [0, 0.05) is 18.5 Å². The van der Waals surface area contributed by atoms with Crippen molar-refractivity contribution in [1.82, 2.24) is 10.2 Å². The summed E-state index contributed by atoms with van der Waals surface area (Å²) >= 11 is 0. The third kappa shape index (κ3) is 1.93. The summed E-state index contributed by atoms with van der Waals surface area (Å²) in [5, 5.41) is 2.72. The van der Waals surface area contributed by atoms with Crippen LogP contribution >= 0.6 is 0 Å². The minimum Gasteiger partial charge on any atom is -0.345 e.